The molecule has 0 N–H and O–H groups in total. The summed E-state index contributed by atoms with van der Waals surface area (Å²) in [5.41, 5.74) is 0. The molecule has 0 aromatic rings. The summed E-state index contributed by atoms with van der Waals surface area (Å²) in [6, 6.07) is 0. The van der Waals surface area contributed by atoms with Crippen molar-refractivity contribution in [3.8, 4) is 0 Å². The zero-order valence-corrected chi connectivity index (χ0v) is 52.6. The molecule has 0 spiro atoms. The van der Waals surface area contributed by atoms with Gasteiger partial charge >= 0.3 is 17.9 Å². The van der Waals surface area contributed by atoms with Crippen LogP contribution in [-0.2, 0) is 28.6 Å². The maximum atomic E-state index is 12.9. The average molecular weight is 1110 g/mol. The van der Waals surface area contributed by atoms with Gasteiger partial charge in [0.25, 0.3) is 0 Å². The number of hydrogen-bond acceptors (Lipinski definition) is 6. The Labute approximate surface area is 495 Å². The van der Waals surface area contributed by atoms with Crippen LogP contribution < -0.4 is 0 Å². The van der Waals surface area contributed by atoms with Crippen LogP contribution in [0.4, 0.5) is 0 Å². The third-order valence-corrected chi connectivity index (χ3v) is 14.5. The SMILES string of the molecule is CC/C=C\C/C=C\C/C=C\C/C=C\C/C=C\CC(=O)OCC(COC(=O)CCCCCCCCCCCCCCCC/C=C\C/C=C\C/C=C\CCCCCCC)OC(=O)CCCCCCCCC/C=C\CCCCCCCCC. The number of unbranched alkanes of at least 4 members (excludes halogenated alkanes) is 33. The van der Waals surface area contributed by atoms with Crippen molar-refractivity contribution in [2.45, 2.75) is 329 Å². The van der Waals surface area contributed by atoms with Crippen LogP contribution in [0.1, 0.15) is 323 Å². The first-order valence-electron chi connectivity index (χ1n) is 33.9. The summed E-state index contributed by atoms with van der Waals surface area (Å²) in [5, 5.41) is 0. The van der Waals surface area contributed by atoms with Crippen LogP contribution in [0.2, 0.25) is 0 Å². The fraction of sp³-hybridized carbons (Fsp3) is 0.716. The standard InChI is InChI=1S/C74H126O6/c1-4-7-10-13-16-19-22-25-28-30-32-33-34-35-36-37-38-39-40-41-42-44-46-49-52-55-58-61-64-67-73(76)79-70-71(69-78-72(75)66-63-60-57-54-51-48-45-27-24-21-18-15-12-9-6-3)80-74(77)68-65-62-59-56-53-50-47-43-31-29-26-23-20-17-14-11-8-5-2/h9,12,18,21-22,25,27,29-32,34-35,45,51,54,60,63,71H,4-8,10-11,13-17,19-20,23-24,26,28,33,36-44,46-50,52-53,55-59,61-62,64-70H2,1-3H3/b12-9-,21-18-,25-22-,31-29-,32-30-,35-34-,45-27-,54-51-,63-60-. The quantitative estimate of drug-likeness (QED) is 0.0261. The molecule has 0 fully saturated rings. The number of allylic oxidation sites excluding steroid dienone is 17. The van der Waals surface area contributed by atoms with E-state index in [0.29, 0.717) is 12.8 Å². The minimum absolute atomic E-state index is 0.109. The smallest absolute Gasteiger partial charge is 0.309 e. The largest absolute Gasteiger partial charge is 0.462 e. The van der Waals surface area contributed by atoms with E-state index in [2.05, 4.69) is 118 Å². The van der Waals surface area contributed by atoms with Gasteiger partial charge in [-0.3, -0.25) is 14.4 Å². The van der Waals surface area contributed by atoms with Crippen LogP contribution in [0.5, 0.6) is 0 Å². The molecule has 0 bridgehead atoms. The van der Waals surface area contributed by atoms with Gasteiger partial charge in [-0.1, -0.05) is 304 Å². The van der Waals surface area contributed by atoms with Crippen molar-refractivity contribution in [3.63, 3.8) is 0 Å². The Morgan fingerprint density at radius 1 is 0.275 bits per heavy atom. The van der Waals surface area contributed by atoms with Gasteiger partial charge in [-0.05, 0) is 109 Å². The molecule has 0 aromatic heterocycles. The number of carbonyl (C=O) groups excluding carboxylic acids is 3. The van der Waals surface area contributed by atoms with Gasteiger partial charge in [-0.15, -0.1) is 0 Å². The van der Waals surface area contributed by atoms with E-state index in [1.165, 1.54) is 199 Å². The minimum Gasteiger partial charge on any atom is -0.462 e. The lowest BCUT2D eigenvalue weighted by Crippen LogP contribution is -2.30. The van der Waals surface area contributed by atoms with Crippen LogP contribution in [0.3, 0.4) is 0 Å². The highest BCUT2D eigenvalue weighted by Crippen LogP contribution is 2.16. The predicted octanol–water partition coefficient (Wildman–Crippen LogP) is 23.4. The van der Waals surface area contributed by atoms with Crippen molar-refractivity contribution in [1.29, 1.82) is 0 Å². The Bertz CT molecular complexity index is 1610. The van der Waals surface area contributed by atoms with Crippen molar-refractivity contribution < 1.29 is 28.6 Å². The molecule has 1 unspecified atom stereocenters. The number of esters is 3. The van der Waals surface area contributed by atoms with Crippen LogP contribution >= 0.6 is 0 Å². The zero-order valence-electron chi connectivity index (χ0n) is 52.6. The molecule has 6 heteroatoms. The molecule has 0 aliphatic rings. The third-order valence-electron chi connectivity index (χ3n) is 14.5. The first kappa shape index (κ1) is 76.1. The Morgan fingerprint density at radius 3 is 0.887 bits per heavy atom. The van der Waals surface area contributed by atoms with Crippen LogP contribution in [0, 0.1) is 0 Å². The molecule has 0 amide bonds. The summed E-state index contributed by atoms with van der Waals surface area (Å²) in [5.74, 6) is -1.04. The first-order valence-corrected chi connectivity index (χ1v) is 33.9. The highest BCUT2D eigenvalue weighted by atomic mass is 16.6. The van der Waals surface area contributed by atoms with E-state index >= 15 is 0 Å². The Hall–Kier alpha value is -3.93. The highest BCUT2D eigenvalue weighted by molar-refractivity contribution is 5.72. The fourth-order valence-corrected chi connectivity index (χ4v) is 9.46. The Balaban J connectivity index is 4.34. The van der Waals surface area contributed by atoms with Gasteiger partial charge < -0.3 is 14.2 Å². The molecule has 1 atom stereocenters. The highest BCUT2D eigenvalue weighted by Gasteiger charge is 2.19. The van der Waals surface area contributed by atoms with Gasteiger partial charge in [0.05, 0.1) is 6.42 Å². The molecule has 6 nitrogen and oxygen atoms in total. The average Bonchev–Trinajstić information content (AvgIpc) is 3.46. The van der Waals surface area contributed by atoms with Crippen LogP contribution in [0.25, 0.3) is 0 Å². The van der Waals surface area contributed by atoms with Crippen LogP contribution in [0.15, 0.2) is 109 Å². The van der Waals surface area contributed by atoms with Crippen molar-refractivity contribution in [2.75, 3.05) is 13.2 Å². The topological polar surface area (TPSA) is 78.9 Å². The Kier molecular flexibility index (Phi) is 64.3. The van der Waals surface area contributed by atoms with Crippen molar-refractivity contribution in [3.05, 3.63) is 109 Å². The van der Waals surface area contributed by atoms with Gasteiger partial charge in [0.2, 0.25) is 0 Å². The van der Waals surface area contributed by atoms with Crippen molar-refractivity contribution in [1.82, 2.24) is 0 Å². The second-order valence-corrected chi connectivity index (χ2v) is 22.4. The van der Waals surface area contributed by atoms with E-state index in [9.17, 15) is 14.4 Å². The summed E-state index contributed by atoms with van der Waals surface area (Å²) in [6.45, 7) is 6.45. The second-order valence-electron chi connectivity index (χ2n) is 22.4. The summed E-state index contributed by atoms with van der Waals surface area (Å²) in [4.78, 5) is 38.3. The lowest BCUT2D eigenvalue weighted by atomic mass is 10.0. The third kappa shape index (κ3) is 64.9. The minimum atomic E-state index is -0.823. The van der Waals surface area contributed by atoms with Gasteiger partial charge in [-0.2, -0.15) is 0 Å². The second kappa shape index (κ2) is 67.6. The Morgan fingerprint density at radius 2 is 0.537 bits per heavy atom. The van der Waals surface area contributed by atoms with E-state index < -0.39 is 12.1 Å². The monoisotopic (exact) mass is 1110 g/mol. The summed E-state index contributed by atoms with van der Waals surface area (Å²) in [6.07, 6.45) is 92.8. The lowest BCUT2D eigenvalue weighted by Gasteiger charge is -2.18. The molecule has 0 saturated heterocycles. The van der Waals surface area contributed by atoms with E-state index in [-0.39, 0.29) is 31.6 Å². The predicted molar refractivity (Wildman–Crippen MR) is 348 cm³/mol. The molecule has 0 aromatic carbocycles. The van der Waals surface area contributed by atoms with Crippen LogP contribution in [-0.4, -0.2) is 37.2 Å². The number of ether oxygens (including phenoxy) is 3. The molecule has 458 valence electrons. The van der Waals surface area contributed by atoms with E-state index in [0.717, 1.165) is 83.5 Å². The molecule has 0 saturated carbocycles. The van der Waals surface area contributed by atoms with Crippen molar-refractivity contribution in [2.24, 2.45) is 0 Å². The molecule has 0 radical (unpaired) electrons. The van der Waals surface area contributed by atoms with Gasteiger partial charge in [0, 0.05) is 12.8 Å². The summed E-state index contributed by atoms with van der Waals surface area (Å²) in [7, 11) is 0. The van der Waals surface area contributed by atoms with Gasteiger partial charge in [0.15, 0.2) is 6.10 Å². The lowest BCUT2D eigenvalue weighted by molar-refractivity contribution is -0.166. The molecule has 80 heavy (non-hydrogen) atoms. The van der Waals surface area contributed by atoms with Gasteiger partial charge in [0.1, 0.15) is 13.2 Å². The van der Waals surface area contributed by atoms with E-state index in [4.69, 9.17) is 14.2 Å². The number of carbonyl (C=O) groups is 3. The molecule has 0 aliphatic heterocycles. The number of rotatable bonds is 61. The maximum absolute atomic E-state index is 12.9. The maximum Gasteiger partial charge on any atom is 0.309 e. The molecular weight excluding hydrogens is 985 g/mol. The first-order chi connectivity index (χ1) is 39.5. The molecule has 0 rings (SSSR count). The molecule has 0 aliphatic carbocycles. The summed E-state index contributed by atoms with van der Waals surface area (Å²) >= 11 is 0. The fourth-order valence-electron chi connectivity index (χ4n) is 9.46. The zero-order chi connectivity index (χ0) is 57.8. The number of hydrogen-bond donors (Lipinski definition) is 0. The van der Waals surface area contributed by atoms with Gasteiger partial charge in [-0.25, -0.2) is 0 Å². The van der Waals surface area contributed by atoms with E-state index in [1.54, 1.807) is 6.08 Å². The normalized spacial score (nSPS) is 12.8. The molecule has 0 heterocycles. The molecular formula is C74H126O6. The van der Waals surface area contributed by atoms with E-state index in [1.807, 2.05) is 6.08 Å². The summed E-state index contributed by atoms with van der Waals surface area (Å²) < 4.78 is 16.8. The van der Waals surface area contributed by atoms with Crippen molar-refractivity contribution >= 4 is 17.9 Å².